The van der Waals surface area contributed by atoms with Crippen LogP contribution in [0.2, 0.25) is 0 Å². The maximum Gasteiger partial charge on any atom is 0.303 e. The quantitative estimate of drug-likeness (QED) is 0.826. The third-order valence-electron chi connectivity index (χ3n) is 3.27. The van der Waals surface area contributed by atoms with Crippen LogP contribution in [-0.2, 0) is 22.6 Å². The van der Waals surface area contributed by atoms with Crippen LogP contribution in [0, 0.1) is 5.82 Å². The number of hydrogen-bond acceptors (Lipinski definition) is 2. The molecule has 1 heterocycles. The second-order valence-electron chi connectivity index (χ2n) is 4.48. The molecule has 0 radical (unpaired) electrons. The van der Waals surface area contributed by atoms with Crippen molar-refractivity contribution in [1.29, 1.82) is 0 Å². The van der Waals surface area contributed by atoms with Crippen molar-refractivity contribution in [3.63, 3.8) is 0 Å². The van der Waals surface area contributed by atoms with E-state index in [4.69, 9.17) is 5.11 Å². The fraction of sp³-hybridized carbons (Fsp3) is 0.385. The maximum atomic E-state index is 13.1. The molecule has 0 saturated carbocycles. The maximum absolute atomic E-state index is 13.1. The van der Waals surface area contributed by atoms with E-state index in [2.05, 4.69) is 0 Å². The van der Waals surface area contributed by atoms with Crippen LogP contribution in [0.3, 0.4) is 0 Å². The highest BCUT2D eigenvalue weighted by atomic mass is 19.1. The number of halogens is 1. The Morgan fingerprint density at radius 1 is 1.50 bits per heavy atom. The van der Waals surface area contributed by atoms with E-state index < -0.39 is 5.97 Å². The van der Waals surface area contributed by atoms with Gasteiger partial charge in [-0.25, -0.2) is 4.39 Å². The number of aliphatic carboxylic acids is 1. The summed E-state index contributed by atoms with van der Waals surface area (Å²) in [5.74, 6) is -1.19. The van der Waals surface area contributed by atoms with E-state index in [0.29, 0.717) is 25.8 Å². The number of carbonyl (C=O) groups excluding carboxylic acids is 1. The molecule has 2 rings (SSSR count). The van der Waals surface area contributed by atoms with Gasteiger partial charge in [0.25, 0.3) is 0 Å². The Morgan fingerprint density at radius 2 is 2.28 bits per heavy atom. The molecule has 1 aromatic rings. The highest BCUT2D eigenvalue weighted by molar-refractivity contribution is 5.66. The van der Waals surface area contributed by atoms with Gasteiger partial charge in [0.15, 0.2) is 0 Å². The van der Waals surface area contributed by atoms with Crippen LogP contribution >= 0.6 is 0 Å². The Balaban J connectivity index is 2.16. The predicted octanol–water partition coefficient (Wildman–Crippen LogP) is 1.57. The topological polar surface area (TPSA) is 57.6 Å². The lowest BCUT2D eigenvalue weighted by Gasteiger charge is -2.34. The Labute approximate surface area is 104 Å². The smallest absolute Gasteiger partial charge is 0.303 e. The second-order valence-corrected chi connectivity index (χ2v) is 4.48. The number of nitrogens with zero attached hydrogens (tertiary/aromatic N) is 1. The number of fused-ring (bicyclic) bond motifs is 1. The lowest BCUT2D eigenvalue weighted by molar-refractivity contribution is -0.138. The van der Waals surface area contributed by atoms with Crippen molar-refractivity contribution in [2.75, 3.05) is 0 Å². The molecular formula is C13H14FNO3. The molecule has 0 bridgehead atoms. The average molecular weight is 251 g/mol. The fourth-order valence-electron chi connectivity index (χ4n) is 2.32. The van der Waals surface area contributed by atoms with Crippen LogP contribution in [0.15, 0.2) is 18.2 Å². The molecule has 0 aliphatic carbocycles. The van der Waals surface area contributed by atoms with Gasteiger partial charge in [-0.1, -0.05) is 6.07 Å². The zero-order chi connectivity index (χ0) is 13.1. The summed E-state index contributed by atoms with van der Waals surface area (Å²) < 4.78 is 13.1. The molecule has 1 atom stereocenters. The summed E-state index contributed by atoms with van der Waals surface area (Å²) in [6, 6.07) is 4.42. The van der Waals surface area contributed by atoms with Gasteiger partial charge in [0.05, 0.1) is 0 Å². The average Bonchev–Trinajstić information content (AvgIpc) is 2.35. The molecule has 0 spiro atoms. The number of carboxylic acid groups (broad SMARTS) is 1. The van der Waals surface area contributed by atoms with Gasteiger partial charge in [-0.2, -0.15) is 0 Å². The SMILES string of the molecule is O=CN1Cc2cc(F)ccc2C[C@@H]1CCC(=O)O. The number of rotatable bonds is 4. The number of carboxylic acids is 1. The van der Waals surface area contributed by atoms with Crippen molar-refractivity contribution in [2.24, 2.45) is 0 Å². The van der Waals surface area contributed by atoms with Crippen molar-refractivity contribution in [2.45, 2.75) is 31.8 Å². The lowest BCUT2D eigenvalue weighted by atomic mass is 9.92. The van der Waals surface area contributed by atoms with E-state index in [-0.39, 0.29) is 18.3 Å². The largest absolute Gasteiger partial charge is 0.481 e. The molecule has 18 heavy (non-hydrogen) atoms. The third kappa shape index (κ3) is 2.67. The first-order valence-electron chi connectivity index (χ1n) is 5.80. The zero-order valence-electron chi connectivity index (χ0n) is 9.80. The Hall–Kier alpha value is -1.91. The minimum atomic E-state index is -0.870. The van der Waals surface area contributed by atoms with Crippen LogP contribution < -0.4 is 0 Å². The molecule has 96 valence electrons. The van der Waals surface area contributed by atoms with Crippen LogP contribution in [0.5, 0.6) is 0 Å². The number of hydrogen-bond donors (Lipinski definition) is 1. The zero-order valence-corrected chi connectivity index (χ0v) is 9.80. The van der Waals surface area contributed by atoms with E-state index in [1.54, 1.807) is 11.0 Å². The first kappa shape index (κ1) is 12.5. The Bertz CT molecular complexity index is 475. The lowest BCUT2D eigenvalue weighted by Crippen LogP contribution is -2.39. The molecule has 1 amide bonds. The molecule has 5 heteroatoms. The molecule has 1 aromatic carbocycles. The molecule has 0 saturated heterocycles. The van der Waals surface area contributed by atoms with Crippen molar-refractivity contribution >= 4 is 12.4 Å². The molecule has 0 fully saturated rings. The summed E-state index contributed by atoms with van der Waals surface area (Å²) in [4.78, 5) is 23.1. The molecule has 4 nitrogen and oxygen atoms in total. The van der Waals surface area contributed by atoms with Crippen LogP contribution in [0.25, 0.3) is 0 Å². The van der Waals surface area contributed by atoms with Crippen molar-refractivity contribution in [3.8, 4) is 0 Å². The number of benzene rings is 1. The van der Waals surface area contributed by atoms with Gasteiger partial charge in [-0.3, -0.25) is 9.59 Å². The monoisotopic (exact) mass is 251 g/mol. The molecule has 0 unspecified atom stereocenters. The molecule has 1 aliphatic rings. The third-order valence-corrected chi connectivity index (χ3v) is 3.27. The van der Waals surface area contributed by atoms with Crippen LogP contribution in [-0.4, -0.2) is 28.4 Å². The summed E-state index contributed by atoms with van der Waals surface area (Å²) in [6.45, 7) is 0.348. The minimum absolute atomic E-state index is 0.0333. The van der Waals surface area contributed by atoms with Gasteiger partial charge >= 0.3 is 5.97 Å². The summed E-state index contributed by atoms with van der Waals surface area (Å²) in [7, 11) is 0. The van der Waals surface area contributed by atoms with Crippen molar-refractivity contribution < 1.29 is 19.1 Å². The first-order valence-corrected chi connectivity index (χ1v) is 5.80. The Kier molecular flexibility index (Phi) is 3.60. The second kappa shape index (κ2) is 5.16. The van der Waals surface area contributed by atoms with Gasteiger partial charge in [0, 0.05) is 19.0 Å². The van der Waals surface area contributed by atoms with E-state index in [0.717, 1.165) is 11.1 Å². The highest BCUT2D eigenvalue weighted by Crippen LogP contribution is 2.25. The standard InChI is InChI=1S/C13H14FNO3/c14-11-2-1-9-6-12(3-4-13(17)18)15(8-16)7-10(9)5-11/h1-2,5,8,12H,3-4,6-7H2,(H,17,18)/t12-/m0/s1. The summed E-state index contributed by atoms with van der Waals surface area (Å²) >= 11 is 0. The first-order chi connectivity index (χ1) is 8.60. The summed E-state index contributed by atoms with van der Waals surface area (Å²) in [5.41, 5.74) is 1.79. The summed E-state index contributed by atoms with van der Waals surface area (Å²) in [6.07, 6.45) is 1.75. The number of amides is 1. The van der Waals surface area contributed by atoms with E-state index >= 15 is 0 Å². The van der Waals surface area contributed by atoms with Gasteiger partial charge in [0.1, 0.15) is 5.82 Å². The van der Waals surface area contributed by atoms with Crippen LogP contribution in [0.1, 0.15) is 24.0 Å². The van der Waals surface area contributed by atoms with Crippen molar-refractivity contribution in [1.82, 2.24) is 4.90 Å². The van der Waals surface area contributed by atoms with E-state index in [1.807, 2.05) is 0 Å². The number of carbonyl (C=O) groups is 2. The van der Waals surface area contributed by atoms with Gasteiger partial charge in [0.2, 0.25) is 6.41 Å². The van der Waals surface area contributed by atoms with Crippen LogP contribution in [0.4, 0.5) is 4.39 Å². The molecule has 1 N–H and O–H groups in total. The highest BCUT2D eigenvalue weighted by Gasteiger charge is 2.25. The summed E-state index contributed by atoms with van der Waals surface area (Å²) in [5, 5.41) is 8.68. The minimum Gasteiger partial charge on any atom is -0.481 e. The van der Waals surface area contributed by atoms with Crippen molar-refractivity contribution in [3.05, 3.63) is 35.1 Å². The fourth-order valence-corrected chi connectivity index (χ4v) is 2.32. The molecular weight excluding hydrogens is 237 g/mol. The van der Waals surface area contributed by atoms with Gasteiger partial charge in [-0.05, 0) is 36.1 Å². The van der Waals surface area contributed by atoms with Gasteiger partial charge in [-0.15, -0.1) is 0 Å². The van der Waals surface area contributed by atoms with Gasteiger partial charge < -0.3 is 10.0 Å². The van der Waals surface area contributed by atoms with E-state index in [9.17, 15) is 14.0 Å². The molecule has 0 aromatic heterocycles. The normalized spacial score (nSPS) is 18.3. The van der Waals surface area contributed by atoms with E-state index in [1.165, 1.54) is 12.1 Å². The predicted molar refractivity (Wildman–Crippen MR) is 62.4 cm³/mol. The molecule has 1 aliphatic heterocycles. The Morgan fingerprint density at radius 3 is 2.94 bits per heavy atom.